The Balaban J connectivity index is 1.56. The second-order valence-electron chi connectivity index (χ2n) is 6.99. The number of anilines is 1. The van der Waals surface area contributed by atoms with E-state index in [1.165, 1.54) is 12.1 Å². The van der Waals surface area contributed by atoms with Crippen LogP contribution in [0.4, 0.5) is 10.1 Å². The standard InChI is InChI=1S/C26H24FNO2/c1-2-29-23-14-12-22(13-15-23)28-17-25-24-6-4-3-5-20(24)9-16-26(25)30-18-19-7-10-21(27)11-8-19/h3-16,28H,2,17-18H2,1H3. The molecule has 3 nitrogen and oxygen atoms in total. The fourth-order valence-electron chi connectivity index (χ4n) is 3.40. The van der Waals surface area contributed by atoms with Crippen LogP contribution in [0, 0.1) is 5.82 Å². The van der Waals surface area contributed by atoms with E-state index in [0.29, 0.717) is 19.8 Å². The Hall–Kier alpha value is -3.53. The SMILES string of the molecule is CCOc1ccc(NCc2c(OCc3ccc(F)cc3)ccc3ccccc23)cc1. The third-order valence-corrected chi connectivity index (χ3v) is 4.94. The first-order chi connectivity index (χ1) is 14.7. The zero-order chi connectivity index (χ0) is 20.8. The van der Waals surface area contributed by atoms with Crippen LogP contribution in [0.25, 0.3) is 10.8 Å². The molecule has 152 valence electrons. The quantitative estimate of drug-likeness (QED) is 0.362. The summed E-state index contributed by atoms with van der Waals surface area (Å²) in [5, 5.41) is 5.79. The lowest BCUT2D eigenvalue weighted by Crippen LogP contribution is -2.05. The van der Waals surface area contributed by atoms with Gasteiger partial charge in [0.2, 0.25) is 0 Å². The number of halogens is 1. The van der Waals surface area contributed by atoms with Crippen molar-refractivity contribution in [1.29, 1.82) is 0 Å². The van der Waals surface area contributed by atoms with Crippen LogP contribution in [0.3, 0.4) is 0 Å². The van der Waals surface area contributed by atoms with E-state index in [-0.39, 0.29) is 5.82 Å². The summed E-state index contributed by atoms with van der Waals surface area (Å²) in [7, 11) is 0. The lowest BCUT2D eigenvalue weighted by atomic mass is 10.0. The first kappa shape index (κ1) is 19.8. The number of benzene rings is 4. The molecule has 30 heavy (non-hydrogen) atoms. The van der Waals surface area contributed by atoms with Crippen LogP contribution in [0.5, 0.6) is 11.5 Å². The fraction of sp³-hybridized carbons (Fsp3) is 0.154. The van der Waals surface area contributed by atoms with E-state index in [2.05, 4.69) is 23.5 Å². The monoisotopic (exact) mass is 401 g/mol. The molecule has 4 aromatic rings. The maximum atomic E-state index is 13.2. The van der Waals surface area contributed by atoms with Crippen LogP contribution in [0.1, 0.15) is 18.1 Å². The number of hydrogen-bond donors (Lipinski definition) is 1. The molecular formula is C26H24FNO2. The Morgan fingerprint density at radius 2 is 1.57 bits per heavy atom. The third kappa shape index (κ3) is 4.71. The largest absolute Gasteiger partial charge is 0.494 e. The number of nitrogens with one attached hydrogen (secondary N) is 1. The molecule has 0 radical (unpaired) electrons. The molecule has 0 amide bonds. The van der Waals surface area contributed by atoms with Gasteiger partial charge in [0.1, 0.15) is 23.9 Å². The Labute approximate surface area is 176 Å². The smallest absolute Gasteiger partial charge is 0.125 e. The van der Waals surface area contributed by atoms with Gasteiger partial charge in [-0.15, -0.1) is 0 Å². The van der Waals surface area contributed by atoms with E-state index in [1.807, 2.05) is 49.4 Å². The summed E-state index contributed by atoms with van der Waals surface area (Å²) in [4.78, 5) is 0. The summed E-state index contributed by atoms with van der Waals surface area (Å²) < 4.78 is 24.8. The van der Waals surface area contributed by atoms with Gasteiger partial charge in [-0.05, 0) is 65.7 Å². The minimum Gasteiger partial charge on any atom is -0.494 e. The molecule has 1 N–H and O–H groups in total. The van der Waals surface area contributed by atoms with Crippen molar-refractivity contribution < 1.29 is 13.9 Å². The molecule has 0 aliphatic heterocycles. The van der Waals surface area contributed by atoms with E-state index in [0.717, 1.165) is 39.1 Å². The van der Waals surface area contributed by atoms with Crippen LogP contribution in [-0.4, -0.2) is 6.61 Å². The molecule has 0 aliphatic carbocycles. The Bertz CT molecular complexity index is 1110. The maximum absolute atomic E-state index is 13.2. The van der Waals surface area contributed by atoms with Crippen molar-refractivity contribution >= 4 is 16.5 Å². The maximum Gasteiger partial charge on any atom is 0.125 e. The van der Waals surface area contributed by atoms with Crippen molar-refractivity contribution in [2.75, 3.05) is 11.9 Å². The highest BCUT2D eigenvalue weighted by Crippen LogP contribution is 2.30. The molecule has 0 saturated carbocycles. The van der Waals surface area contributed by atoms with Crippen molar-refractivity contribution in [3.8, 4) is 11.5 Å². The molecule has 0 fully saturated rings. The van der Waals surface area contributed by atoms with Crippen LogP contribution in [0.2, 0.25) is 0 Å². The molecule has 0 atom stereocenters. The molecule has 0 aromatic heterocycles. The van der Waals surface area contributed by atoms with Crippen molar-refractivity contribution in [1.82, 2.24) is 0 Å². The number of rotatable bonds is 8. The Kier molecular flexibility index (Phi) is 6.14. The first-order valence-corrected chi connectivity index (χ1v) is 10.1. The highest BCUT2D eigenvalue weighted by atomic mass is 19.1. The number of hydrogen-bond acceptors (Lipinski definition) is 3. The Morgan fingerprint density at radius 1 is 0.800 bits per heavy atom. The minimum absolute atomic E-state index is 0.246. The number of ether oxygens (including phenoxy) is 2. The minimum atomic E-state index is -0.246. The second kappa shape index (κ2) is 9.31. The van der Waals surface area contributed by atoms with E-state index >= 15 is 0 Å². The highest BCUT2D eigenvalue weighted by molar-refractivity contribution is 5.88. The zero-order valence-corrected chi connectivity index (χ0v) is 16.9. The zero-order valence-electron chi connectivity index (χ0n) is 16.9. The molecule has 0 saturated heterocycles. The molecule has 4 rings (SSSR count). The number of fused-ring (bicyclic) bond motifs is 1. The summed E-state index contributed by atoms with van der Waals surface area (Å²) >= 11 is 0. The third-order valence-electron chi connectivity index (χ3n) is 4.94. The van der Waals surface area contributed by atoms with Gasteiger partial charge in [0, 0.05) is 17.8 Å². The molecular weight excluding hydrogens is 377 g/mol. The average Bonchev–Trinajstić information content (AvgIpc) is 2.78. The molecule has 0 spiro atoms. The van der Waals surface area contributed by atoms with Crippen LogP contribution in [0.15, 0.2) is 84.9 Å². The molecule has 0 aliphatic rings. The molecule has 0 unspecified atom stereocenters. The van der Waals surface area contributed by atoms with Crippen LogP contribution < -0.4 is 14.8 Å². The van der Waals surface area contributed by atoms with Gasteiger partial charge < -0.3 is 14.8 Å². The van der Waals surface area contributed by atoms with Gasteiger partial charge in [-0.2, -0.15) is 0 Å². The molecule has 0 bridgehead atoms. The molecule has 4 heteroatoms. The van der Waals surface area contributed by atoms with Gasteiger partial charge in [0.25, 0.3) is 0 Å². The van der Waals surface area contributed by atoms with Gasteiger partial charge in [-0.3, -0.25) is 0 Å². The normalized spacial score (nSPS) is 10.7. The lowest BCUT2D eigenvalue weighted by Gasteiger charge is -2.16. The van der Waals surface area contributed by atoms with Crippen LogP contribution >= 0.6 is 0 Å². The van der Waals surface area contributed by atoms with Crippen molar-refractivity contribution in [3.63, 3.8) is 0 Å². The summed E-state index contributed by atoms with van der Waals surface area (Å²) in [6.07, 6.45) is 0. The topological polar surface area (TPSA) is 30.5 Å². The average molecular weight is 401 g/mol. The fourth-order valence-corrected chi connectivity index (χ4v) is 3.40. The van der Waals surface area contributed by atoms with E-state index in [1.54, 1.807) is 12.1 Å². The summed E-state index contributed by atoms with van der Waals surface area (Å²) in [5.41, 5.74) is 3.02. The van der Waals surface area contributed by atoms with Gasteiger partial charge in [0.05, 0.1) is 6.61 Å². The Morgan fingerprint density at radius 3 is 2.33 bits per heavy atom. The second-order valence-corrected chi connectivity index (χ2v) is 6.99. The highest BCUT2D eigenvalue weighted by Gasteiger charge is 2.10. The van der Waals surface area contributed by atoms with Crippen molar-refractivity contribution in [2.24, 2.45) is 0 Å². The lowest BCUT2D eigenvalue weighted by molar-refractivity contribution is 0.303. The molecule has 0 heterocycles. The predicted molar refractivity (Wildman–Crippen MR) is 120 cm³/mol. The first-order valence-electron chi connectivity index (χ1n) is 10.1. The van der Waals surface area contributed by atoms with Gasteiger partial charge in [-0.1, -0.05) is 42.5 Å². The van der Waals surface area contributed by atoms with Crippen molar-refractivity contribution in [2.45, 2.75) is 20.1 Å². The predicted octanol–water partition coefficient (Wildman–Crippen LogP) is 6.57. The van der Waals surface area contributed by atoms with Crippen molar-refractivity contribution in [3.05, 3.63) is 102 Å². The van der Waals surface area contributed by atoms with Crippen LogP contribution in [-0.2, 0) is 13.2 Å². The van der Waals surface area contributed by atoms with Gasteiger partial charge in [0.15, 0.2) is 0 Å². The summed E-state index contributed by atoms with van der Waals surface area (Å²) in [5.74, 6) is 1.43. The summed E-state index contributed by atoms with van der Waals surface area (Å²) in [6, 6.07) is 26.7. The van der Waals surface area contributed by atoms with Gasteiger partial charge in [-0.25, -0.2) is 4.39 Å². The van der Waals surface area contributed by atoms with E-state index in [9.17, 15) is 4.39 Å². The molecule has 4 aromatic carbocycles. The van der Waals surface area contributed by atoms with E-state index in [4.69, 9.17) is 9.47 Å². The van der Waals surface area contributed by atoms with Gasteiger partial charge >= 0.3 is 0 Å². The van der Waals surface area contributed by atoms with E-state index < -0.39 is 0 Å². The summed E-state index contributed by atoms with van der Waals surface area (Å²) in [6.45, 7) is 3.63.